The number of rotatable bonds is 3. The first-order valence-corrected chi connectivity index (χ1v) is 8.36. The summed E-state index contributed by atoms with van der Waals surface area (Å²) in [5.41, 5.74) is -0.105. The SMILES string of the molecule is CC(C)(C)OC(=O)N(C(=O)N1CCCC1)C(C=O)=Cc1ccccc1. The van der Waals surface area contributed by atoms with E-state index in [0.717, 1.165) is 17.7 Å². The summed E-state index contributed by atoms with van der Waals surface area (Å²) < 4.78 is 5.34. The smallest absolute Gasteiger partial charge is 0.423 e. The van der Waals surface area contributed by atoms with Crippen molar-refractivity contribution >= 4 is 24.5 Å². The Morgan fingerprint density at radius 2 is 1.72 bits per heavy atom. The number of hydrogen-bond donors (Lipinski definition) is 0. The number of urea groups is 1. The Kier molecular flexibility index (Phi) is 5.96. The van der Waals surface area contributed by atoms with E-state index in [1.165, 1.54) is 6.08 Å². The molecule has 2 rings (SSSR count). The molecule has 0 saturated carbocycles. The van der Waals surface area contributed by atoms with Gasteiger partial charge in [-0.05, 0) is 45.3 Å². The highest BCUT2D eigenvalue weighted by atomic mass is 16.6. The molecule has 0 spiro atoms. The number of likely N-dealkylation sites (tertiary alicyclic amines) is 1. The van der Waals surface area contributed by atoms with Gasteiger partial charge in [-0.15, -0.1) is 0 Å². The average Bonchev–Trinajstić information content (AvgIpc) is 3.07. The molecular weight excluding hydrogens is 320 g/mol. The van der Waals surface area contributed by atoms with Crippen molar-refractivity contribution in [2.45, 2.75) is 39.2 Å². The summed E-state index contributed by atoms with van der Waals surface area (Å²) in [5.74, 6) is 0. The van der Waals surface area contributed by atoms with E-state index < -0.39 is 17.7 Å². The van der Waals surface area contributed by atoms with Crippen LogP contribution in [0.3, 0.4) is 0 Å². The predicted molar refractivity (Wildman–Crippen MR) is 94.8 cm³/mol. The van der Waals surface area contributed by atoms with Crippen LogP contribution in [-0.4, -0.2) is 46.9 Å². The van der Waals surface area contributed by atoms with E-state index in [4.69, 9.17) is 4.74 Å². The molecule has 1 heterocycles. The molecule has 0 atom stereocenters. The maximum atomic E-state index is 12.8. The summed E-state index contributed by atoms with van der Waals surface area (Å²) in [4.78, 5) is 39.5. The zero-order valence-corrected chi connectivity index (χ0v) is 14.9. The minimum absolute atomic E-state index is 0.0441. The summed E-state index contributed by atoms with van der Waals surface area (Å²) in [6, 6.07) is 8.52. The third kappa shape index (κ3) is 5.17. The summed E-state index contributed by atoms with van der Waals surface area (Å²) in [6.45, 7) is 6.27. The van der Waals surface area contributed by atoms with E-state index in [9.17, 15) is 14.4 Å². The van der Waals surface area contributed by atoms with Crippen molar-refractivity contribution in [3.8, 4) is 0 Å². The minimum Gasteiger partial charge on any atom is -0.443 e. The Morgan fingerprint density at radius 1 is 1.12 bits per heavy atom. The Labute approximate surface area is 148 Å². The van der Waals surface area contributed by atoms with Crippen molar-refractivity contribution in [1.29, 1.82) is 0 Å². The number of amides is 3. The third-order valence-corrected chi connectivity index (χ3v) is 3.64. The number of benzene rings is 1. The highest BCUT2D eigenvalue weighted by Gasteiger charge is 2.34. The topological polar surface area (TPSA) is 66.9 Å². The van der Waals surface area contributed by atoms with Gasteiger partial charge in [0.05, 0.1) is 5.70 Å². The number of carbonyl (C=O) groups is 3. The van der Waals surface area contributed by atoms with Crippen LogP contribution in [0, 0.1) is 0 Å². The van der Waals surface area contributed by atoms with Crippen molar-refractivity contribution in [3.05, 3.63) is 41.6 Å². The number of allylic oxidation sites excluding steroid dienone is 1. The van der Waals surface area contributed by atoms with Gasteiger partial charge in [0.25, 0.3) is 0 Å². The lowest BCUT2D eigenvalue weighted by Gasteiger charge is -2.29. The Bertz CT molecular complexity index is 656. The summed E-state index contributed by atoms with van der Waals surface area (Å²) in [7, 11) is 0. The first-order valence-electron chi connectivity index (χ1n) is 8.36. The van der Waals surface area contributed by atoms with Gasteiger partial charge in [0, 0.05) is 13.1 Å². The Morgan fingerprint density at radius 3 is 2.24 bits per heavy atom. The maximum Gasteiger partial charge on any atom is 0.423 e. The van der Waals surface area contributed by atoms with Crippen LogP contribution < -0.4 is 0 Å². The number of hydrogen-bond acceptors (Lipinski definition) is 4. The van der Waals surface area contributed by atoms with Gasteiger partial charge in [0.1, 0.15) is 5.60 Å². The molecule has 0 aliphatic carbocycles. The highest BCUT2D eigenvalue weighted by molar-refractivity contribution is 6.00. The van der Waals surface area contributed by atoms with Crippen molar-refractivity contribution < 1.29 is 19.1 Å². The summed E-state index contributed by atoms with van der Waals surface area (Å²) in [6.07, 6.45) is 2.92. The third-order valence-electron chi connectivity index (χ3n) is 3.64. The number of nitrogens with zero attached hydrogens (tertiary/aromatic N) is 2. The summed E-state index contributed by atoms with van der Waals surface area (Å²) in [5, 5.41) is 0. The van der Waals surface area contributed by atoms with Gasteiger partial charge in [-0.2, -0.15) is 4.90 Å². The number of ether oxygens (including phenoxy) is 1. The fraction of sp³-hybridized carbons (Fsp3) is 0.421. The van der Waals surface area contributed by atoms with Gasteiger partial charge in [-0.25, -0.2) is 9.59 Å². The van der Waals surface area contributed by atoms with E-state index in [-0.39, 0.29) is 5.70 Å². The van der Waals surface area contributed by atoms with Crippen molar-refractivity contribution in [3.63, 3.8) is 0 Å². The summed E-state index contributed by atoms with van der Waals surface area (Å²) >= 11 is 0. The molecule has 0 aromatic heterocycles. The van der Waals surface area contributed by atoms with E-state index in [1.807, 2.05) is 18.2 Å². The molecule has 3 amide bonds. The van der Waals surface area contributed by atoms with Crippen LogP contribution in [0.2, 0.25) is 0 Å². The van der Waals surface area contributed by atoms with E-state index in [1.54, 1.807) is 37.8 Å². The molecule has 1 aliphatic heterocycles. The van der Waals surface area contributed by atoms with Crippen LogP contribution in [0.1, 0.15) is 39.2 Å². The molecule has 0 radical (unpaired) electrons. The quantitative estimate of drug-likeness (QED) is 0.620. The zero-order valence-electron chi connectivity index (χ0n) is 14.9. The lowest BCUT2D eigenvalue weighted by atomic mass is 10.2. The molecule has 1 aliphatic rings. The second kappa shape index (κ2) is 7.96. The molecule has 6 heteroatoms. The van der Waals surface area contributed by atoms with E-state index in [2.05, 4.69) is 0 Å². The first-order chi connectivity index (χ1) is 11.8. The van der Waals surface area contributed by atoms with Gasteiger partial charge in [-0.1, -0.05) is 30.3 Å². The van der Waals surface area contributed by atoms with Crippen LogP contribution in [0.25, 0.3) is 6.08 Å². The predicted octanol–water partition coefficient (Wildman–Crippen LogP) is 3.68. The molecular formula is C19H24N2O4. The Hall–Kier alpha value is -2.63. The molecule has 1 fully saturated rings. The molecule has 134 valence electrons. The molecule has 6 nitrogen and oxygen atoms in total. The highest BCUT2D eigenvalue weighted by Crippen LogP contribution is 2.19. The monoisotopic (exact) mass is 344 g/mol. The molecule has 0 unspecified atom stereocenters. The van der Waals surface area contributed by atoms with Gasteiger partial charge in [0.15, 0.2) is 6.29 Å². The second-order valence-electron chi connectivity index (χ2n) is 6.89. The Balaban J connectivity index is 2.37. The molecule has 1 aromatic rings. The van der Waals surface area contributed by atoms with Crippen molar-refractivity contribution in [1.82, 2.24) is 9.80 Å². The minimum atomic E-state index is -0.848. The van der Waals surface area contributed by atoms with E-state index >= 15 is 0 Å². The van der Waals surface area contributed by atoms with E-state index in [0.29, 0.717) is 24.9 Å². The number of aldehydes is 1. The van der Waals surface area contributed by atoms with Gasteiger partial charge < -0.3 is 9.64 Å². The molecule has 1 saturated heterocycles. The maximum absolute atomic E-state index is 12.8. The molecule has 1 aromatic carbocycles. The van der Waals surface area contributed by atoms with Gasteiger partial charge >= 0.3 is 12.1 Å². The number of imide groups is 1. The van der Waals surface area contributed by atoms with Crippen molar-refractivity contribution in [2.75, 3.05) is 13.1 Å². The zero-order chi connectivity index (χ0) is 18.4. The average molecular weight is 344 g/mol. The largest absolute Gasteiger partial charge is 0.443 e. The second-order valence-corrected chi connectivity index (χ2v) is 6.89. The van der Waals surface area contributed by atoms with Crippen LogP contribution >= 0.6 is 0 Å². The normalized spacial score (nSPS) is 15.0. The van der Waals surface area contributed by atoms with Crippen molar-refractivity contribution in [2.24, 2.45) is 0 Å². The van der Waals surface area contributed by atoms with Gasteiger partial charge in [-0.3, -0.25) is 4.79 Å². The standard InChI is InChI=1S/C19H24N2O4/c1-19(2,3)25-18(24)21(17(23)20-11-7-8-12-20)16(14-22)13-15-9-5-4-6-10-15/h4-6,9-10,13-14H,7-8,11-12H2,1-3H3. The fourth-order valence-corrected chi connectivity index (χ4v) is 2.52. The van der Waals surface area contributed by atoms with Crippen LogP contribution in [-0.2, 0) is 9.53 Å². The first kappa shape index (κ1) is 18.7. The van der Waals surface area contributed by atoms with Crippen LogP contribution in [0.15, 0.2) is 36.0 Å². The van der Waals surface area contributed by atoms with Crippen LogP contribution in [0.4, 0.5) is 9.59 Å². The number of carbonyl (C=O) groups excluding carboxylic acids is 3. The van der Waals surface area contributed by atoms with Gasteiger partial charge in [0.2, 0.25) is 0 Å². The molecule has 0 bridgehead atoms. The lowest BCUT2D eigenvalue weighted by molar-refractivity contribution is -0.106. The lowest BCUT2D eigenvalue weighted by Crippen LogP contribution is -2.46. The fourth-order valence-electron chi connectivity index (χ4n) is 2.52. The molecule has 25 heavy (non-hydrogen) atoms. The van der Waals surface area contributed by atoms with Crippen LogP contribution in [0.5, 0.6) is 0 Å². The molecule has 0 N–H and O–H groups in total.